The molecule has 1 aliphatic rings. The Labute approximate surface area is 163 Å². The van der Waals surface area contributed by atoms with Gasteiger partial charge in [0.25, 0.3) is 0 Å². The molecule has 4 N–H and O–H groups in total. The summed E-state index contributed by atoms with van der Waals surface area (Å²) in [7, 11) is 0. The van der Waals surface area contributed by atoms with E-state index in [9.17, 15) is 9.59 Å². The number of hydrogen-bond donors (Lipinski definition) is 3. The van der Waals surface area contributed by atoms with E-state index in [1.807, 2.05) is 91.0 Å². The minimum absolute atomic E-state index is 0.240. The quantitative estimate of drug-likeness (QED) is 0.457. The number of carbonyl (C=O) groups excluding carboxylic acids is 2. The molecule has 0 aliphatic carbocycles. The Morgan fingerprint density at radius 1 is 0.786 bits per heavy atom. The highest BCUT2D eigenvalue weighted by molar-refractivity contribution is 6.01. The van der Waals surface area contributed by atoms with Crippen LogP contribution in [0.4, 0.5) is 0 Å². The van der Waals surface area contributed by atoms with Gasteiger partial charge in [0.05, 0.1) is 5.54 Å². The predicted molar refractivity (Wildman–Crippen MR) is 107 cm³/mol. The van der Waals surface area contributed by atoms with Gasteiger partial charge in [-0.1, -0.05) is 91.0 Å². The average Bonchev–Trinajstić information content (AvgIpc) is 2.74. The van der Waals surface area contributed by atoms with Crippen LogP contribution >= 0.6 is 0 Å². The summed E-state index contributed by atoms with van der Waals surface area (Å²) in [6.45, 7) is 0. The molecule has 2 atom stereocenters. The Morgan fingerprint density at radius 3 is 1.50 bits per heavy atom. The third-order valence-corrected chi connectivity index (χ3v) is 5.21. The van der Waals surface area contributed by atoms with Crippen LogP contribution in [0, 0.1) is 0 Å². The van der Waals surface area contributed by atoms with Crippen molar-refractivity contribution in [3.63, 3.8) is 0 Å². The Kier molecular flexibility index (Phi) is 4.67. The molecule has 4 rings (SSSR count). The fourth-order valence-corrected chi connectivity index (χ4v) is 3.81. The second kappa shape index (κ2) is 7.29. The van der Waals surface area contributed by atoms with Crippen LogP contribution in [0.5, 0.6) is 0 Å². The van der Waals surface area contributed by atoms with Crippen molar-refractivity contribution in [3.8, 4) is 0 Å². The molecule has 0 spiro atoms. The van der Waals surface area contributed by atoms with Gasteiger partial charge in [-0.05, 0) is 16.7 Å². The molecule has 5 heteroatoms. The lowest BCUT2D eigenvalue weighted by Gasteiger charge is -2.44. The van der Waals surface area contributed by atoms with Gasteiger partial charge >= 0.3 is 0 Å². The van der Waals surface area contributed by atoms with E-state index in [0.717, 1.165) is 16.7 Å². The van der Waals surface area contributed by atoms with Crippen LogP contribution in [0.2, 0.25) is 0 Å². The molecule has 0 aromatic heterocycles. The van der Waals surface area contributed by atoms with E-state index in [-0.39, 0.29) is 5.91 Å². The maximum absolute atomic E-state index is 12.3. The second-order valence-corrected chi connectivity index (χ2v) is 6.86. The van der Waals surface area contributed by atoms with Gasteiger partial charge in [0, 0.05) is 0 Å². The monoisotopic (exact) mass is 371 g/mol. The van der Waals surface area contributed by atoms with Crippen molar-refractivity contribution in [2.45, 2.75) is 17.6 Å². The smallest absolute Gasteiger partial charge is 0.242 e. The molecule has 0 bridgehead atoms. The van der Waals surface area contributed by atoms with Gasteiger partial charge in [0.1, 0.15) is 12.1 Å². The van der Waals surface area contributed by atoms with Gasteiger partial charge in [0.15, 0.2) is 0 Å². The SMILES string of the molecule is NC(=O)C1NC(=O)[C@H]1NC(c1ccccc1)(c1ccccc1)c1ccccc1. The standard InChI is InChI=1S/C23H21N3O2/c24-21(27)19-20(22(28)25-19)26-23(16-10-4-1-5-11-16,17-12-6-2-7-13-17)18-14-8-3-9-15-18/h1-15,19-20,26H,(H2,24,27)(H,25,28)/t19?,20-/m0/s1. The van der Waals surface area contributed by atoms with E-state index >= 15 is 0 Å². The fraction of sp³-hybridized carbons (Fsp3) is 0.130. The largest absolute Gasteiger partial charge is 0.368 e. The van der Waals surface area contributed by atoms with Gasteiger partial charge in [-0.3, -0.25) is 14.9 Å². The van der Waals surface area contributed by atoms with E-state index in [0.29, 0.717) is 0 Å². The number of nitrogens with two attached hydrogens (primary N) is 1. The minimum Gasteiger partial charge on any atom is -0.368 e. The summed E-state index contributed by atoms with van der Waals surface area (Å²) in [4.78, 5) is 24.1. The summed E-state index contributed by atoms with van der Waals surface area (Å²) in [5, 5.41) is 6.08. The van der Waals surface area contributed by atoms with Crippen molar-refractivity contribution in [3.05, 3.63) is 108 Å². The van der Waals surface area contributed by atoms with Crippen molar-refractivity contribution in [2.24, 2.45) is 5.73 Å². The van der Waals surface area contributed by atoms with E-state index in [4.69, 9.17) is 5.73 Å². The molecule has 2 amide bonds. The number of nitrogens with one attached hydrogen (secondary N) is 2. The summed E-state index contributed by atoms with van der Waals surface area (Å²) < 4.78 is 0. The Bertz CT molecular complexity index is 878. The number of hydrogen-bond acceptors (Lipinski definition) is 3. The first-order valence-electron chi connectivity index (χ1n) is 9.17. The first-order chi connectivity index (χ1) is 13.6. The number of primary amides is 1. The number of amides is 2. The number of β-lactam (4-membered cyclic amide) rings is 1. The Balaban J connectivity index is 1.94. The van der Waals surface area contributed by atoms with Crippen molar-refractivity contribution < 1.29 is 9.59 Å². The molecular weight excluding hydrogens is 350 g/mol. The second-order valence-electron chi connectivity index (χ2n) is 6.86. The van der Waals surface area contributed by atoms with Crippen molar-refractivity contribution in [1.29, 1.82) is 0 Å². The van der Waals surface area contributed by atoms with E-state index in [1.54, 1.807) is 0 Å². The van der Waals surface area contributed by atoms with Crippen molar-refractivity contribution in [2.75, 3.05) is 0 Å². The normalized spacial score (nSPS) is 18.8. The third-order valence-electron chi connectivity index (χ3n) is 5.21. The molecular formula is C23H21N3O2. The molecule has 0 radical (unpaired) electrons. The molecule has 1 fully saturated rings. The molecule has 0 saturated carbocycles. The van der Waals surface area contributed by atoms with E-state index in [2.05, 4.69) is 10.6 Å². The first kappa shape index (κ1) is 17.9. The van der Waals surface area contributed by atoms with Crippen LogP contribution in [-0.2, 0) is 15.1 Å². The highest BCUT2D eigenvalue weighted by Gasteiger charge is 2.49. The number of rotatable bonds is 6. The first-order valence-corrected chi connectivity index (χ1v) is 9.17. The van der Waals surface area contributed by atoms with Gasteiger partial charge in [-0.15, -0.1) is 0 Å². The topological polar surface area (TPSA) is 84.2 Å². The van der Waals surface area contributed by atoms with E-state index < -0.39 is 23.5 Å². The highest BCUT2D eigenvalue weighted by atomic mass is 16.2. The fourth-order valence-electron chi connectivity index (χ4n) is 3.81. The zero-order chi connectivity index (χ0) is 19.6. The summed E-state index contributed by atoms with van der Waals surface area (Å²) in [6, 6.07) is 28.3. The average molecular weight is 371 g/mol. The summed E-state index contributed by atoms with van der Waals surface area (Å²) in [6.07, 6.45) is 0. The van der Waals surface area contributed by atoms with Gasteiger partial charge < -0.3 is 11.1 Å². The van der Waals surface area contributed by atoms with Crippen molar-refractivity contribution >= 4 is 11.8 Å². The molecule has 140 valence electrons. The molecule has 5 nitrogen and oxygen atoms in total. The van der Waals surface area contributed by atoms with Gasteiger partial charge in [-0.2, -0.15) is 0 Å². The zero-order valence-corrected chi connectivity index (χ0v) is 15.2. The molecule has 1 saturated heterocycles. The van der Waals surface area contributed by atoms with Crippen LogP contribution in [0.25, 0.3) is 0 Å². The Morgan fingerprint density at radius 2 is 1.18 bits per heavy atom. The molecule has 3 aromatic carbocycles. The molecule has 28 heavy (non-hydrogen) atoms. The maximum atomic E-state index is 12.3. The van der Waals surface area contributed by atoms with Crippen LogP contribution < -0.4 is 16.4 Å². The molecule has 3 aromatic rings. The number of carbonyl (C=O) groups is 2. The van der Waals surface area contributed by atoms with Gasteiger partial charge in [-0.25, -0.2) is 0 Å². The van der Waals surface area contributed by atoms with Crippen molar-refractivity contribution in [1.82, 2.24) is 10.6 Å². The van der Waals surface area contributed by atoms with Crippen LogP contribution in [0.15, 0.2) is 91.0 Å². The summed E-state index contributed by atoms with van der Waals surface area (Å²) in [5.41, 5.74) is 7.58. The molecule has 1 heterocycles. The van der Waals surface area contributed by atoms with Crippen LogP contribution in [0.1, 0.15) is 16.7 Å². The summed E-state index contributed by atoms with van der Waals surface area (Å²) in [5.74, 6) is -0.795. The molecule has 1 unspecified atom stereocenters. The Hall–Kier alpha value is -3.44. The summed E-state index contributed by atoms with van der Waals surface area (Å²) >= 11 is 0. The lowest BCUT2D eigenvalue weighted by Crippen LogP contribution is -2.75. The van der Waals surface area contributed by atoms with E-state index in [1.165, 1.54) is 0 Å². The minimum atomic E-state index is -0.820. The zero-order valence-electron chi connectivity index (χ0n) is 15.2. The molecule has 1 aliphatic heterocycles. The van der Waals surface area contributed by atoms with Gasteiger partial charge in [0.2, 0.25) is 11.8 Å². The predicted octanol–water partition coefficient (Wildman–Crippen LogP) is 1.92. The maximum Gasteiger partial charge on any atom is 0.242 e. The highest BCUT2D eigenvalue weighted by Crippen LogP contribution is 2.38. The third kappa shape index (κ3) is 2.96. The number of benzene rings is 3. The van der Waals surface area contributed by atoms with Crippen LogP contribution in [0.3, 0.4) is 0 Å². The lowest BCUT2D eigenvalue weighted by atomic mass is 9.75. The lowest BCUT2D eigenvalue weighted by molar-refractivity contribution is -0.139. The van der Waals surface area contributed by atoms with Crippen LogP contribution in [-0.4, -0.2) is 23.9 Å².